The summed E-state index contributed by atoms with van der Waals surface area (Å²) in [5.74, 6) is 2.64. The van der Waals surface area contributed by atoms with Crippen LogP contribution in [0.2, 0.25) is 0 Å². The Morgan fingerprint density at radius 2 is 0.680 bits per heavy atom. The van der Waals surface area contributed by atoms with Crippen LogP contribution in [-0.4, -0.2) is 35.7 Å². The molecule has 0 amide bonds. The van der Waals surface area contributed by atoms with E-state index in [9.17, 15) is 0 Å². The zero-order valence-electron chi connectivity index (χ0n) is 14.7. The number of hydrogen-bond donors (Lipinski definition) is 0. The molecule has 0 aliphatic heterocycles. The van der Waals surface area contributed by atoms with E-state index in [0.29, 0.717) is 0 Å². The Hall–Kier alpha value is -2.40. The standard InChI is InChI=1S/C21H21GeO3/c1-23-19-10-4-16(5-11-19)22(17-6-12-20(24-2)13-7-17)18-8-14-21(25-3)15-9-18/h4-15H,1-3H3. The molecule has 1 radical (unpaired) electrons. The number of rotatable bonds is 6. The number of ether oxygens (including phenoxy) is 3. The predicted molar refractivity (Wildman–Crippen MR) is 104 cm³/mol. The Kier molecular flexibility index (Phi) is 5.66. The van der Waals surface area contributed by atoms with Crippen LogP contribution in [0, 0.1) is 0 Å². The minimum absolute atomic E-state index is 0.880. The van der Waals surface area contributed by atoms with Gasteiger partial charge in [-0.15, -0.1) is 0 Å². The second-order valence-corrected chi connectivity index (χ2v) is 10.8. The Morgan fingerprint density at radius 1 is 0.440 bits per heavy atom. The zero-order chi connectivity index (χ0) is 17.6. The molecular formula is C21H21GeO3. The van der Waals surface area contributed by atoms with E-state index in [1.807, 2.05) is 36.4 Å². The predicted octanol–water partition coefficient (Wildman–Crippen LogP) is 2.23. The molecule has 25 heavy (non-hydrogen) atoms. The van der Waals surface area contributed by atoms with Gasteiger partial charge in [-0.25, -0.2) is 0 Å². The molecule has 0 bridgehead atoms. The molecule has 0 saturated heterocycles. The van der Waals surface area contributed by atoms with Gasteiger partial charge in [-0.3, -0.25) is 0 Å². The van der Waals surface area contributed by atoms with Crippen LogP contribution in [0.3, 0.4) is 0 Å². The van der Waals surface area contributed by atoms with E-state index in [-0.39, 0.29) is 0 Å². The van der Waals surface area contributed by atoms with Crippen LogP contribution in [0.1, 0.15) is 0 Å². The van der Waals surface area contributed by atoms with Gasteiger partial charge in [0.2, 0.25) is 0 Å². The molecule has 0 spiro atoms. The van der Waals surface area contributed by atoms with Crippen molar-refractivity contribution in [1.29, 1.82) is 0 Å². The Balaban J connectivity index is 2.04. The van der Waals surface area contributed by atoms with Crippen LogP contribution in [0.5, 0.6) is 17.2 Å². The van der Waals surface area contributed by atoms with Crippen LogP contribution in [0.25, 0.3) is 0 Å². The first kappa shape index (κ1) is 17.4. The van der Waals surface area contributed by atoms with Gasteiger partial charge in [0.15, 0.2) is 0 Å². The molecule has 3 aromatic rings. The van der Waals surface area contributed by atoms with E-state index in [2.05, 4.69) is 36.4 Å². The van der Waals surface area contributed by atoms with Crippen molar-refractivity contribution in [2.24, 2.45) is 0 Å². The van der Waals surface area contributed by atoms with Gasteiger partial charge >= 0.3 is 153 Å². The molecule has 4 heteroatoms. The molecule has 0 atom stereocenters. The fraction of sp³-hybridized carbons (Fsp3) is 0.143. The van der Waals surface area contributed by atoms with E-state index in [4.69, 9.17) is 14.2 Å². The van der Waals surface area contributed by atoms with Crippen LogP contribution in [-0.2, 0) is 0 Å². The third-order valence-electron chi connectivity index (χ3n) is 4.14. The average molecular weight is 394 g/mol. The van der Waals surface area contributed by atoms with Gasteiger partial charge in [0.05, 0.1) is 0 Å². The third kappa shape index (κ3) is 3.99. The van der Waals surface area contributed by atoms with Crippen molar-refractivity contribution in [2.75, 3.05) is 21.3 Å². The number of benzene rings is 3. The van der Waals surface area contributed by atoms with Gasteiger partial charge in [0.25, 0.3) is 0 Å². The monoisotopic (exact) mass is 395 g/mol. The summed E-state index contributed by atoms with van der Waals surface area (Å²) in [6.07, 6.45) is 0. The molecule has 3 rings (SSSR count). The first-order chi connectivity index (χ1) is 12.2. The summed E-state index contributed by atoms with van der Waals surface area (Å²) in [5.41, 5.74) is 0. The summed E-state index contributed by atoms with van der Waals surface area (Å²) in [6.45, 7) is 0. The van der Waals surface area contributed by atoms with Crippen molar-refractivity contribution in [3.05, 3.63) is 72.8 Å². The van der Waals surface area contributed by atoms with Crippen molar-refractivity contribution in [3.8, 4) is 17.2 Å². The van der Waals surface area contributed by atoms with E-state index < -0.39 is 14.3 Å². The van der Waals surface area contributed by atoms with E-state index in [1.165, 1.54) is 13.2 Å². The summed E-state index contributed by atoms with van der Waals surface area (Å²) in [6, 6.07) is 25.3. The van der Waals surface area contributed by atoms with E-state index in [0.717, 1.165) is 17.2 Å². The van der Waals surface area contributed by atoms with Gasteiger partial charge in [-0.05, 0) is 0 Å². The molecular weight excluding hydrogens is 373 g/mol. The molecule has 0 unspecified atom stereocenters. The van der Waals surface area contributed by atoms with Crippen molar-refractivity contribution in [2.45, 2.75) is 0 Å². The summed E-state index contributed by atoms with van der Waals surface area (Å²) >= 11 is -1.91. The molecule has 0 heterocycles. The van der Waals surface area contributed by atoms with Crippen molar-refractivity contribution in [1.82, 2.24) is 0 Å². The second-order valence-electron chi connectivity index (χ2n) is 5.56. The summed E-state index contributed by atoms with van der Waals surface area (Å²) in [4.78, 5) is 0. The van der Waals surface area contributed by atoms with Crippen molar-refractivity contribution in [3.63, 3.8) is 0 Å². The van der Waals surface area contributed by atoms with Crippen LogP contribution < -0.4 is 27.4 Å². The Bertz CT molecular complexity index is 683. The summed E-state index contributed by atoms with van der Waals surface area (Å²) < 4.78 is 20.0. The number of methoxy groups -OCH3 is 3. The van der Waals surface area contributed by atoms with Gasteiger partial charge in [0, 0.05) is 0 Å². The van der Waals surface area contributed by atoms with Gasteiger partial charge in [0.1, 0.15) is 0 Å². The summed E-state index contributed by atoms with van der Waals surface area (Å²) in [7, 11) is 5.08. The van der Waals surface area contributed by atoms with Crippen LogP contribution in [0.15, 0.2) is 72.8 Å². The average Bonchev–Trinajstić information content (AvgIpc) is 2.70. The SMILES string of the molecule is COc1cc[c]([Ge]([c]2ccc(OC)cc2)[c]2ccc(OC)cc2)cc1. The topological polar surface area (TPSA) is 27.7 Å². The maximum absolute atomic E-state index is 5.31. The molecule has 3 nitrogen and oxygen atoms in total. The molecule has 0 aromatic heterocycles. The first-order valence-corrected chi connectivity index (χ1v) is 11.2. The molecule has 3 aromatic carbocycles. The van der Waals surface area contributed by atoms with Crippen molar-refractivity contribution >= 4 is 27.5 Å². The summed E-state index contributed by atoms with van der Waals surface area (Å²) in [5, 5.41) is 0. The molecule has 127 valence electrons. The first-order valence-electron chi connectivity index (χ1n) is 8.05. The minimum atomic E-state index is -1.91. The van der Waals surface area contributed by atoms with Gasteiger partial charge in [-0.1, -0.05) is 0 Å². The fourth-order valence-corrected chi connectivity index (χ4v) is 8.02. The molecule has 0 fully saturated rings. The van der Waals surface area contributed by atoms with Gasteiger partial charge in [-0.2, -0.15) is 0 Å². The zero-order valence-corrected chi connectivity index (χ0v) is 16.8. The van der Waals surface area contributed by atoms with Crippen molar-refractivity contribution < 1.29 is 14.2 Å². The van der Waals surface area contributed by atoms with E-state index >= 15 is 0 Å². The van der Waals surface area contributed by atoms with Crippen LogP contribution in [0.4, 0.5) is 0 Å². The molecule has 0 saturated carbocycles. The fourth-order valence-electron chi connectivity index (χ4n) is 2.77. The third-order valence-corrected chi connectivity index (χ3v) is 9.87. The second kappa shape index (κ2) is 8.12. The Labute approximate surface area is 153 Å². The quantitative estimate of drug-likeness (QED) is 0.601. The number of hydrogen-bond acceptors (Lipinski definition) is 3. The van der Waals surface area contributed by atoms with E-state index in [1.54, 1.807) is 21.3 Å². The molecule has 0 aliphatic carbocycles. The van der Waals surface area contributed by atoms with Gasteiger partial charge < -0.3 is 0 Å². The maximum atomic E-state index is 5.31. The molecule has 0 N–H and O–H groups in total. The Morgan fingerprint density at radius 3 is 0.880 bits per heavy atom. The molecule has 0 aliphatic rings. The van der Waals surface area contributed by atoms with Crippen LogP contribution >= 0.6 is 0 Å². The normalized spacial score (nSPS) is 10.6.